The van der Waals surface area contributed by atoms with E-state index in [2.05, 4.69) is 10.6 Å². The van der Waals surface area contributed by atoms with Crippen LogP contribution in [0.2, 0.25) is 5.02 Å². The van der Waals surface area contributed by atoms with Gasteiger partial charge in [-0.2, -0.15) is 0 Å². The number of rotatable bonds is 3. The molecular formula is C12H13ClN2O2. The highest BCUT2D eigenvalue weighted by molar-refractivity contribution is 6.30. The summed E-state index contributed by atoms with van der Waals surface area (Å²) < 4.78 is 0. The van der Waals surface area contributed by atoms with E-state index in [-0.39, 0.29) is 17.5 Å². The monoisotopic (exact) mass is 252 g/mol. The van der Waals surface area contributed by atoms with Crippen LogP contribution in [0.4, 0.5) is 0 Å². The molecule has 17 heavy (non-hydrogen) atoms. The van der Waals surface area contributed by atoms with Gasteiger partial charge in [0.25, 0.3) is 5.91 Å². The van der Waals surface area contributed by atoms with Crippen LogP contribution in [0.3, 0.4) is 0 Å². The lowest BCUT2D eigenvalue weighted by atomic mass is 10.2. The van der Waals surface area contributed by atoms with E-state index >= 15 is 0 Å². The van der Waals surface area contributed by atoms with Gasteiger partial charge in [-0.1, -0.05) is 23.7 Å². The molecule has 0 spiro atoms. The first-order valence-corrected chi connectivity index (χ1v) is 5.37. The quantitative estimate of drug-likeness (QED) is 0.803. The number of carbonyl (C=O) groups excluding carboxylic acids is 2. The van der Waals surface area contributed by atoms with Crippen molar-refractivity contribution in [2.24, 2.45) is 0 Å². The molecule has 2 N–H and O–H groups in total. The van der Waals surface area contributed by atoms with E-state index in [4.69, 9.17) is 11.6 Å². The molecule has 2 amide bonds. The molecule has 0 aliphatic rings. The van der Waals surface area contributed by atoms with Crippen molar-refractivity contribution >= 4 is 29.5 Å². The van der Waals surface area contributed by atoms with Gasteiger partial charge < -0.3 is 10.6 Å². The van der Waals surface area contributed by atoms with Crippen LogP contribution in [0.25, 0.3) is 6.08 Å². The molecule has 5 heteroatoms. The Morgan fingerprint density at radius 1 is 1.24 bits per heavy atom. The highest BCUT2D eigenvalue weighted by atomic mass is 35.5. The summed E-state index contributed by atoms with van der Waals surface area (Å²) in [6.07, 6.45) is 1.58. The fraction of sp³-hybridized carbons (Fsp3) is 0.167. The number of likely N-dealkylation sites (N-methyl/N-ethyl adjacent to an activating group) is 1. The maximum absolute atomic E-state index is 11.5. The SMILES string of the molecule is CNC(=O)/C(=C/c1ccc(Cl)cc1)NC(C)=O. The van der Waals surface area contributed by atoms with E-state index < -0.39 is 0 Å². The lowest BCUT2D eigenvalue weighted by molar-refractivity contribution is -0.122. The molecular weight excluding hydrogens is 240 g/mol. The van der Waals surface area contributed by atoms with Crippen molar-refractivity contribution in [3.05, 3.63) is 40.5 Å². The second-order valence-electron chi connectivity index (χ2n) is 3.37. The van der Waals surface area contributed by atoms with Crippen molar-refractivity contribution in [3.8, 4) is 0 Å². The van der Waals surface area contributed by atoms with Crippen LogP contribution in [-0.2, 0) is 9.59 Å². The third-order valence-corrected chi connectivity index (χ3v) is 2.22. The van der Waals surface area contributed by atoms with Gasteiger partial charge in [-0.05, 0) is 23.8 Å². The van der Waals surface area contributed by atoms with Crippen LogP contribution in [-0.4, -0.2) is 18.9 Å². The second-order valence-corrected chi connectivity index (χ2v) is 3.81. The maximum atomic E-state index is 11.5. The van der Waals surface area contributed by atoms with Crippen LogP contribution in [0.1, 0.15) is 12.5 Å². The van der Waals surface area contributed by atoms with Gasteiger partial charge in [-0.15, -0.1) is 0 Å². The summed E-state index contributed by atoms with van der Waals surface area (Å²) in [4.78, 5) is 22.5. The van der Waals surface area contributed by atoms with Crippen molar-refractivity contribution in [1.82, 2.24) is 10.6 Å². The van der Waals surface area contributed by atoms with Crippen molar-refractivity contribution in [2.75, 3.05) is 7.05 Å². The molecule has 0 radical (unpaired) electrons. The number of halogens is 1. The number of nitrogens with one attached hydrogen (secondary N) is 2. The molecule has 0 aromatic heterocycles. The minimum absolute atomic E-state index is 0.197. The van der Waals surface area contributed by atoms with E-state index in [1.54, 1.807) is 30.3 Å². The van der Waals surface area contributed by atoms with E-state index in [0.29, 0.717) is 5.02 Å². The molecule has 0 aliphatic carbocycles. The first-order chi connectivity index (χ1) is 8.02. The van der Waals surface area contributed by atoms with E-state index in [9.17, 15) is 9.59 Å². The van der Waals surface area contributed by atoms with E-state index in [0.717, 1.165) is 5.56 Å². The summed E-state index contributed by atoms with van der Waals surface area (Å²) in [6, 6.07) is 6.94. The molecule has 0 fully saturated rings. The number of hydrogen-bond acceptors (Lipinski definition) is 2. The molecule has 1 aromatic carbocycles. The molecule has 0 saturated carbocycles. The molecule has 0 unspecified atom stereocenters. The van der Waals surface area contributed by atoms with Gasteiger partial charge in [0.1, 0.15) is 5.70 Å². The molecule has 90 valence electrons. The number of carbonyl (C=O) groups is 2. The largest absolute Gasteiger partial charge is 0.354 e. The Kier molecular flexibility index (Phi) is 4.72. The Hall–Kier alpha value is -1.81. The highest BCUT2D eigenvalue weighted by Crippen LogP contribution is 2.11. The highest BCUT2D eigenvalue weighted by Gasteiger charge is 2.08. The third kappa shape index (κ3) is 4.28. The fourth-order valence-electron chi connectivity index (χ4n) is 1.21. The zero-order chi connectivity index (χ0) is 12.8. The molecule has 0 atom stereocenters. The molecule has 1 rings (SSSR count). The molecule has 1 aromatic rings. The Balaban J connectivity index is 3.00. The van der Waals surface area contributed by atoms with E-state index in [1.165, 1.54) is 14.0 Å². The van der Waals surface area contributed by atoms with Crippen LogP contribution in [0.15, 0.2) is 30.0 Å². The van der Waals surface area contributed by atoms with Crippen LogP contribution < -0.4 is 10.6 Å². The van der Waals surface area contributed by atoms with Crippen LogP contribution >= 0.6 is 11.6 Å². The van der Waals surface area contributed by atoms with Crippen molar-refractivity contribution < 1.29 is 9.59 Å². The summed E-state index contributed by atoms with van der Waals surface area (Å²) in [7, 11) is 1.50. The lowest BCUT2D eigenvalue weighted by Gasteiger charge is -2.06. The Morgan fingerprint density at radius 2 is 1.82 bits per heavy atom. The van der Waals surface area contributed by atoms with Crippen molar-refractivity contribution in [3.63, 3.8) is 0 Å². The number of hydrogen-bond donors (Lipinski definition) is 2. The van der Waals surface area contributed by atoms with E-state index in [1.807, 2.05) is 0 Å². The summed E-state index contributed by atoms with van der Waals surface area (Å²) in [5, 5.41) is 5.54. The molecule has 0 heterocycles. The summed E-state index contributed by atoms with van der Waals surface area (Å²) in [6.45, 7) is 1.35. The van der Waals surface area contributed by atoms with Gasteiger partial charge >= 0.3 is 0 Å². The predicted octanol–water partition coefficient (Wildman–Crippen LogP) is 1.56. The van der Waals surface area contributed by atoms with Gasteiger partial charge in [0.05, 0.1) is 0 Å². The van der Waals surface area contributed by atoms with Crippen LogP contribution in [0, 0.1) is 0 Å². The summed E-state index contributed by atoms with van der Waals surface area (Å²) in [5.74, 6) is -0.649. The van der Waals surface area contributed by atoms with Crippen molar-refractivity contribution in [1.29, 1.82) is 0 Å². The van der Waals surface area contributed by atoms with Crippen molar-refractivity contribution in [2.45, 2.75) is 6.92 Å². The molecule has 0 aliphatic heterocycles. The number of benzene rings is 1. The Morgan fingerprint density at radius 3 is 2.29 bits per heavy atom. The van der Waals surface area contributed by atoms with Gasteiger partial charge in [0.2, 0.25) is 5.91 Å². The average molecular weight is 253 g/mol. The normalized spacial score (nSPS) is 10.9. The minimum atomic E-state index is -0.352. The summed E-state index contributed by atoms with van der Waals surface area (Å²) >= 11 is 5.75. The first-order valence-electron chi connectivity index (χ1n) is 5.00. The Bertz CT molecular complexity index is 452. The maximum Gasteiger partial charge on any atom is 0.267 e. The zero-order valence-electron chi connectivity index (χ0n) is 9.58. The Labute approximate surface area is 105 Å². The predicted molar refractivity (Wildman–Crippen MR) is 67.3 cm³/mol. The minimum Gasteiger partial charge on any atom is -0.354 e. The van der Waals surface area contributed by atoms with Gasteiger partial charge in [-0.25, -0.2) is 0 Å². The third-order valence-electron chi connectivity index (χ3n) is 1.96. The number of amides is 2. The standard InChI is InChI=1S/C12H13ClN2O2/c1-8(16)15-11(12(17)14-2)7-9-3-5-10(13)6-4-9/h3-7H,1-2H3,(H,14,17)(H,15,16)/b11-7-. The zero-order valence-corrected chi connectivity index (χ0v) is 10.3. The lowest BCUT2D eigenvalue weighted by Crippen LogP contribution is -2.31. The molecule has 0 bridgehead atoms. The fourth-order valence-corrected chi connectivity index (χ4v) is 1.33. The average Bonchev–Trinajstić information content (AvgIpc) is 2.29. The molecule has 0 saturated heterocycles. The first kappa shape index (κ1) is 13.3. The summed E-state index contributed by atoms with van der Waals surface area (Å²) in [5.41, 5.74) is 0.976. The second kappa shape index (κ2) is 6.06. The van der Waals surface area contributed by atoms with Gasteiger partial charge in [0, 0.05) is 19.0 Å². The van der Waals surface area contributed by atoms with Gasteiger partial charge in [-0.3, -0.25) is 9.59 Å². The molecule has 4 nitrogen and oxygen atoms in total. The topological polar surface area (TPSA) is 58.2 Å². The van der Waals surface area contributed by atoms with Crippen LogP contribution in [0.5, 0.6) is 0 Å². The van der Waals surface area contributed by atoms with Gasteiger partial charge in [0.15, 0.2) is 0 Å². The smallest absolute Gasteiger partial charge is 0.267 e.